The molecular formula is C15H15NO3. The number of methoxy groups -OCH3 is 1. The third kappa shape index (κ3) is 3.33. The van der Waals surface area contributed by atoms with Crippen LogP contribution in [0.4, 0.5) is 5.69 Å². The molecule has 0 saturated heterocycles. The number of ether oxygens (including phenoxy) is 1. The maximum absolute atomic E-state index is 12.1. The van der Waals surface area contributed by atoms with Crippen molar-refractivity contribution in [3.63, 3.8) is 0 Å². The summed E-state index contributed by atoms with van der Waals surface area (Å²) in [6, 6.07) is 15.6. The fourth-order valence-electron chi connectivity index (χ4n) is 1.81. The van der Waals surface area contributed by atoms with Gasteiger partial charge in [0.2, 0.25) is 0 Å². The van der Waals surface area contributed by atoms with Crippen LogP contribution in [0.2, 0.25) is 0 Å². The average Bonchev–Trinajstić information content (AvgIpc) is 2.41. The molecular weight excluding hydrogens is 242 g/mol. The minimum absolute atomic E-state index is 0.103. The first-order valence-electron chi connectivity index (χ1n) is 5.88. The molecule has 0 bridgehead atoms. The number of nitrogens with one attached hydrogen (secondary N) is 1. The standard InChI is InChI=1S/C15H15NO3/c1-19-14(11-6-3-2-4-7-11)15(18)16-12-8-5-9-13(17)10-12/h2-10,14,17H,1H3,(H,16,18). The van der Waals surface area contributed by atoms with E-state index >= 15 is 0 Å². The van der Waals surface area contributed by atoms with Crippen molar-refractivity contribution in [2.24, 2.45) is 0 Å². The van der Waals surface area contributed by atoms with Gasteiger partial charge in [-0.1, -0.05) is 36.4 Å². The molecule has 0 aliphatic heterocycles. The second-order valence-corrected chi connectivity index (χ2v) is 4.07. The van der Waals surface area contributed by atoms with E-state index in [0.29, 0.717) is 5.69 Å². The van der Waals surface area contributed by atoms with E-state index in [4.69, 9.17) is 4.74 Å². The lowest BCUT2D eigenvalue weighted by atomic mass is 10.1. The number of amides is 1. The van der Waals surface area contributed by atoms with E-state index < -0.39 is 6.10 Å². The average molecular weight is 257 g/mol. The summed E-state index contributed by atoms with van der Waals surface area (Å²) < 4.78 is 5.23. The van der Waals surface area contributed by atoms with Crippen LogP contribution in [0.1, 0.15) is 11.7 Å². The maximum atomic E-state index is 12.1. The van der Waals surface area contributed by atoms with Gasteiger partial charge in [0.1, 0.15) is 5.75 Å². The van der Waals surface area contributed by atoms with Crippen LogP contribution in [0.15, 0.2) is 54.6 Å². The predicted octanol–water partition coefficient (Wildman–Crippen LogP) is 2.72. The second kappa shape index (κ2) is 6.02. The Kier molecular flexibility index (Phi) is 4.15. The van der Waals surface area contributed by atoms with Gasteiger partial charge in [0.15, 0.2) is 6.10 Å². The SMILES string of the molecule is COC(C(=O)Nc1cccc(O)c1)c1ccccc1. The lowest BCUT2D eigenvalue weighted by molar-refractivity contribution is -0.126. The summed E-state index contributed by atoms with van der Waals surface area (Å²) in [6.45, 7) is 0. The first-order chi connectivity index (χ1) is 9.20. The van der Waals surface area contributed by atoms with Gasteiger partial charge in [-0.2, -0.15) is 0 Å². The molecule has 1 unspecified atom stereocenters. The van der Waals surface area contributed by atoms with Gasteiger partial charge in [0.25, 0.3) is 5.91 Å². The van der Waals surface area contributed by atoms with Crippen LogP contribution in [0.5, 0.6) is 5.75 Å². The van der Waals surface area contributed by atoms with Crippen LogP contribution in [0.3, 0.4) is 0 Å². The smallest absolute Gasteiger partial charge is 0.258 e. The number of carbonyl (C=O) groups excluding carboxylic acids is 1. The van der Waals surface area contributed by atoms with Crippen molar-refractivity contribution in [3.8, 4) is 5.75 Å². The highest BCUT2D eigenvalue weighted by molar-refractivity contribution is 5.95. The van der Waals surface area contributed by atoms with E-state index in [1.807, 2.05) is 30.3 Å². The van der Waals surface area contributed by atoms with Crippen molar-refractivity contribution in [3.05, 3.63) is 60.2 Å². The molecule has 0 fully saturated rings. The summed E-state index contributed by atoms with van der Waals surface area (Å²) >= 11 is 0. The zero-order chi connectivity index (χ0) is 13.7. The Morgan fingerprint density at radius 2 is 1.89 bits per heavy atom. The molecule has 0 heterocycles. The van der Waals surface area contributed by atoms with Crippen molar-refractivity contribution >= 4 is 11.6 Å². The fourth-order valence-corrected chi connectivity index (χ4v) is 1.81. The van der Waals surface area contributed by atoms with Crippen LogP contribution in [0.25, 0.3) is 0 Å². The van der Waals surface area contributed by atoms with E-state index in [1.54, 1.807) is 18.2 Å². The number of aromatic hydroxyl groups is 1. The third-order valence-electron chi connectivity index (χ3n) is 2.69. The lowest BCUT2D eigenvalue weighted by Gasteiger charge is -2.15. The summed E-state index contributed by atoms with van der Waals surface area (Å²) in [6.07, 6.45) is -0.677. The van der Waals surface area contributed by atoms with Gasteiger partial charge in [0, 0.05) is 18.9 Å². The van der Waals surface area contributed by atoms with Gasteiger partial charge in [-0.15, -0.1) is 0 Å². The summed E-state index contributed by atoms with van der Waals surface area (Å²) in [5.74, 6) is -0.175. The highest BCUT2D eigenvalue weighted by Crippen LogP contribution is 2.20. The Morgan fingerprint density at radius 1 is 1.16 bits per heavy atom. The first-order valence-corrected chi connectivity index (χ1v) is 5.88. The minimum atomic E-state index is -0.677. The third-order valence-corrected chi connectivity index (χ3v) is 2.69. The molecule has 2 aromatic carbocycles. The maximum Gasteiger partial charge on any atom is 0.258 e. The van der Waals surface area contributed by atoms with Gasteiger partial charge in [-0.25, -0.2) is 0 Å². The molecule has 0 aliphatic rings. The van der Waals surface area contributed by atoms with Crippen LogP contribution in [-0.2, 0) is 9.53 Å². The Hall–Kier alpha value is -2.33. The monoisotopic (exact) mass is 257 g/mol. The molecule has 4 nitrogen and oxygen atoms in total. The van der Waals surface area contributed by atoms with Crippen molar-refractivity contribution < 1.29 is 14.6 Å². The molecule has 2 rings (SSSR count). The summed E-state index contributed by atoms with van der Waals surface area (Å²) in [5, 5.41) is 12.1. The molecule has 19 heavy (non-hydrogen) atoms. The van der Waals surface area contributed by atoms with E-state index in [0.717, 1.165) is 5.56 Å². The predicted molar refractivity (Wildman–Crippen MR) is 72.9 cm³/mol. The molecule has 98 valence electrons. The number of phenolic OH excluding ortho intramolecular Hbond substituents is 1. The minimum Gasteiger partial charge on any atom is -0.508 e. The lowest BCUT2D eigenvalue weighted by Crippen LogP contribution is -2.22. The largest absolute Gasteiger partial charge is 0.508 e. The highest BCUT2D eigenvalue weighted by Gasteiger charge is 2.19. The highest BCUT2D eigenvalue weighted by atomic mass is 16.5. The van der Waals surface area contributed by atoms with Gasteiger partial charge in [0.05, 0.1) is 0 Å². The number of hydrogen-bond acceptors (Lipinski definition) is 3. The molecule has 0 aromatic heterocycles. The molecule has 0 aliphatic carbocycles. The Bertz CT molecular complexity index is 554. The molecule has 1 atom stereocenters. The van der Waals surface area contributed by atoms with Crippen LogP contribution in [-0.4, -0.2) is 18.1 Å². The van der Waals surface area contributed by atoms with Crippen LogP contribution < -0.4 is 5.32 Å². The molecule has 0 saturated carbocycles. The van der Waals surface area contributed by atoms with Crippen molar-refractivity contribution in [1.29, 1.82) is 0 Å². The van der Waals surface area contributed by atoms with Gasteiger partial charge in [-0.05, 0) is 17.7 Å². The summed E-state index contributed by atoms with van der Waals surface area (Å²) in [4.78, 5) is 12.1. The van der Waals surface area contributed by atoms with Gasteiger partial charge in [-0.3, -0.25) is 4.79 Å². The number of phenols is 1. The number of carbonyl (C=O) groups is 1. The topological polar surface area (TPSA) is 58.6 Å². The molecule has 4 heteroatoms. The Morgan fingerprint density at radius 3 is 2.53 bits per heavy atom. The van der Waals surface area contributed by atoms with Crippen LogP contribution >= 0.6 is 0 Å². The first kappa shape index (κ1) is 13.1. The second-order valence-electron chi connectivity index (χ2n) is 4.07. The molecule has 2 N–H and O–H groups in total. The zero-order valence-corrected chi connectivity index (χ0v) is 10.5. The number of benzene rings is 2. The Balaban J connectivity index is 2.14. The zero-order valence-electron chi connectivity index (χ0n) is 10.5. The molecule has 0 spiro atoms. The fraction of sp³-hybridized carbons (Fsp3) is 0.133. The van der Waals surface area contributed by atoms with Crippen molar-refractivity contribution in [2.75, 3.05) is 12.4 Å². The van der Waals surface area contributed by atoms with E-state index in [-0.39, 0.29) is 11.7 Å². The van der Waals surface area contributed by atoms with Crippen molar-refractivity contribution in [1.82, 2.24) is 0 Å². The quantitative estimate of drug-likeness (QED) is 0.885. The van der Waals surface area contributed by atoms with Gasteiger partial charge >= 0.3 is 0 Å². The van der Waals surface area contributed by atoms with E-state index in [9.17, 15) is 9.90 Å². The molecule has 2 aromatic rings. The van der Waals surface area contributed by atoms with E-state index in [2.05, 4.69) is 5.32 Å². The molecule has 0 radical (unpaired) electrons. The summed E-state index contributed by atoms with van der Waals surface area (Å²) in [7, 11) is 1.49. The Labute approximate surface area is 111 Å². The number of rotatable bonds is 4. The van der Waals surface area contributed by atoms with Crippen molar-refractivity contribution in [2.45, 2.75) is 6.10 Å². The normalized spacial score (nSPS) is 11.8. The van der Waals surface area contributed by atoms with E-state index in [1.165, 1.54) is 13.2 Å². The molecule has 1 amide bonds. The van der Waals surface area contributed by atoms with Crippen LogP contribution in [0, 0.1) is 0 Å². The summed E-state index contributed by atoms with van der Waals surface area (Å²) in [5.41, 5.74) is 1.31. The van der Waals surface area contributed by atoms with Gasteiger partial charge < -0.3 is 15.2 Å². The number of hydrogen-bond donors (Lipinski definition) is 2. The number of anilines is 1.